The molecule has 0 N–H and O–H groups in total. The maximum absolute atomic E-state index is 12.9. The minimum atomic E-state index is -1.04. The van der Waals surface area contributed by atoms with Crippen LogP contribution in [-0.4, -0.2) is 54.6 Å². The Morgan fingerprint density at radius 1 is 1.32 bits per heavy atom. The molecule has 2 aromatic rings. The van der Waals surface area contributed by atoms with Gasteiger partial charge in [-0.2, -0.15) is 0 Å². The number of para-hydroxylation sites is 2. The summed E-state index contributed by atoms with van der Waals surface area (Å²) in [4.78, 5) is 39.9. The lowest BCUT2D eigenvalue weighted by Crippen LogP contribution is -2.50. The number of anilines is 1. The molecule has 1 atom stereocenters. The molecule has 1 aliphatic heterocycles. The van der Waals surface area contributed by atoms with E-state index >= 15 is 0 Å². The Labute approximate surface area is 161 Å². The van der Waals surface area contributed by atoms with Crippen LogP contribution in [0, 0.1) is 6.92 Å². The normalized spacial score (nSPS) is 15.6. The topological polar surface area (TPSA) is 102 Å². The molecule has 2 heterocycles. The first-order valence-electron chi connectivity index (χ1n) is 8.69. The lowest BCUT2D eigenvalue weighted by atomic mass is 10.1. The van der Waals surface area contributed by atoms with Crippen LogP contribution in [0.15, 0.2) is 34.9 Å². The second kappa shape index (κ2) is 8.12. The fourth-order valence-electron chi connectivity index (χ4n) is 2.87. The second-order valence-corrected chi connectivity index (χ2v) is 6.46. The number of esters is 1. The summed E-state index contributed by atoms with van der Waals surface area (Å²) in [5.41, 5.74) is 1.20. The van der Waals surface area contributed by atoms with Gasteiger partial charge in [0.2, 0.25) is 5.91 Å². The summed E-state index contributed by atoms with van der Waals surface area (Å²) in [5, 5.41) is 3.79. The van der Waals surface area contributed by atoms with E-state index in [4.69, 9.17) is 9.26 Å². The molecular weight excluding hydrogens is 366 g/mol. The number of aromatic nitrogens is 1. The number of benzene rings is 1. The molecule has 0 bridgehead atoms. The lowest BCUT2D eigenvalue weighted by molar-refractivity contribution is -0.145. The van der Waals surface area contributed by atoms with Crippen LogP contribution in [0.2, 0.25) is 0 Å². The van der Waals surface area contributed by atoms with E-state index in [9.17, 15) is 14.4 Å². The molecule has 3 rings (SSSR count). The number of carbonyl (C=O) groups is 3. The Morgan fingerprint density at radius 2 is 2.07 bits per heavy atom. The zero-order chi connectivity index (χ0) is 20.3. The zero-order valence-electron chi connectivity index (χ0n) is 15.9. The van der Waals surface area contributed by atoms with Gasteiger partial charge in [-0.25, -0.2) is 0 Å². The van der Waals surface area contributed by atoms with E-state index in [1.54, 1.807) is 44.3 Å². The Bertz CT molecular complexity index is 893. The molecule has 1 aromatic carbocycles. The first-order chi connectivity index (χ1) is 13.4. The van der Waals surface area contributed by atoms with E-state index in [2.05, 4.69) is 9.89 Å². The molecule has 0 saturated carbocycles. The van der Waals surface area contributed by atoms with Gasteiger partial charge in [0, 0.05) is 13.1 Å². The quantitative estimate of drug-likeness (QED) is 0.689. The molecule has 9 heteroatoms. The number of fused-ring (bicyclic) bond motifs is 1. The molecule has 0 aliphatic carbocycles. The highest BCUT2D eigenvalue weighted by Crippen LogP contribution is 2.34. The number of hydrogen-bond acceptors (Lipinski definition) is 7. The zero-order valence-corrected chi connectivity index (χ0v) is 15.9. The molecule has 0 unspecified atom stereocenters. The largest absolute Gasteiger partial charge is 0.478 e. The van der Waals surface area contributed by atoms with Gasteiger partial charge in [-0.3, -0.25) is 19.3 Å². The molecule has 28 heavy (non-hydrogen) atoms. The summed E-state index contributed by atoms with van der Waals surface area (Å²) in [6, 6.07) is 8.61. The molecule has 9 nitrogen and oxygen atoms in total. The third-order valence-corrected chi connectivity index (χ3v) is 4.34. The van der Waals surface area contributed by atoms with Crippen molar-refractivity contribution >= 4 is 23.5 Å². The van der Waals surface area contributed by atoms with Gasteiger partial charge in [0.1, 0.15) is 12.3 Å². The number of rotatable bonds is 6. The third-order valence-electron chi connectivity index (χ3n) is 4.34. The van der Waals surface area contributed by atoms with Crippen molar-refractivity contribution in [3.05, 3.63) is 41.8 Å². The Balaban J connectivity index is 1.77. The standard InChI is InChI=1S/C19H21N3O6/c1-12-8-13(28-20-12)10-21(2)17(23)11-22-14-6-4-5-7-15(14)27-16(19(22)25)9-18(24)26-3/h4-8,16H,9-11H2,1-3H3/t16-/m0/s1. The summed E-state index contributed by atoms with van der Waals surface area (Å²) in [6.45, 7) is 1.82. The lowest BCUT2D eigenvalue weighted by Gasteiger charge is -2.34. The molecule has 2 amide bonds. The van der Waals surface area contributed by atoms with Crippen molar-refractivity contribution < 1.29 is 28.4 Å². The summed E-state index contributed by atoms with van der Waals surface area (Å²) >= 11 is 0. The molecule has 1 aliphatic rings. The van der Waals surface area contributed by atoms with E-state index in [1.165, 1.54) is 16.9 Å². The molecule has 0 saturated heterocycles. The second-order valence-electron chi connectivity index (χ2n) is 6.46. The van der Waals surface area contributed by atoms with E-state index in [0.29, 0.717) is 17.2 Å². The van der Waals surface area contributed by atoms with Gasteiger partial charge in [0.25, 0.3) is 5.91 Å². The van der Waals surface area contributed by atoms with Gasteiger partial charge in [-0.15, -0.1) is 0 Å². The number of ether oxygens (including phenoxy) is 2. The highest BCUT2D eigenvalue weighted by molar-refractivity contribution is 6.04. The molecule has 0 spiro atoms. The van der Waals surface area contributed by atoms with Crippen LogP contribution < -0.4 is 9.64 Å². The molecule has 148 valence electrons. The number of carbonyl (C=O) groups excluding carboxylic acids is 3. The number of hydrogen-bond donors (Lipinski definition) is 0. The van der Waals surface area contributed by atoms with Gasteiger partial charge < -0.3 is 18.9 Å². The number of likely N-dealkylation sites (N-methyl/N-ethyl adjacent to an activating group) is 1. The smallest absolute Gasteiger partial charge is 0.309 e. The van der Waals surface area contributed by atoms with Crippen LogP contribution in [-0.2, 0) is 25.7 Å². The van der Waals surface area contributed by atoms with Crippen LogP contribution in [0.25, 0.3) is 0 Å². The Kier molecular flexibility index (Phi) is 5.62. The van der Waals surface area contributed by atoms with Crippen LogP contribution in [0.4, 0.5) is 5.69 Å². The SMILES string of the molecule is COC(=O)C[C@@H]1Oc2ccccc2N(CC(=O)N(C)Cc2cc(C)no2)C1=O. The predicted molar refractivity (Wildman–Crippen MR) is 97.6 cm³/mol. The summed E-state index contributed by atoms with van der Waals surface area (Å²) in [6.07, 6.45) is -1.28. The van der Waals surface area contributed by atoms with Crippen LogP contribution in [0.3, 0.4) is 0 Å². The molecular formula is C19H21N3O6. The average molecular weight is 387 g/mol. The van der Waals surface area contributed by atoms with Crippen molar-refractivity contribution in [2.45, 2.75) is 26.0 Å². The van der Waals surface area contributed by atoms with Gasteiger partial charge in [-0.1, -0.05) is 17.3 Å². The van der Waals surface area contributed by atoms with Crippen LogP contribution in [0.5, 0.6) is 5.75 Å². The van der Waals surface area contributed by atoms with Crippen LogP contribution >= 0.6 is 0 Å². The third kappa shape index (κ3) is 4.13. The van der Waals surface area contributed by atoms with E-state index in [0.717, 1.165) is 5.69 Å². The maximum atomic E-state index is 12.9. The fraction of sp³-hybridized carbons (Fsp3) is 0.368. The van der Waals surface area contributed by atoms with Crippen molar-refractivity contribution in [1.82, 2.24) is 10.1 Å². The summed E-state index contributed by atoms with van der Waals surface area (Å²) in [5.74, 6) is -0.359. The van der Waals surface area contributed by atoms with Crippen molar-refractivity contribution in [2.75, 3.05) is 25.6 Å². The first-order valence-corrected chi connectivity index (χ1v) is 8.69. The highest BCUT2D eigenvalue weighted by Gasteiger charge is 2.37. The molecule has 0 radical (unpaired) electrons. The van der Waals surface area contributed by atoms with Gasteiger partial charge in [0.15, 0.2) is 11.9 Å². The van der Waals surface area contributed by atoms with Crippen molar-refractivity contribution in [2.24, 2.45) is 0 Å². The predicted octanol–water partition coefficient (Wildman–Crippen LogP) is 1.30. The molecule has 1 aromatic heterocycles. The van der Waals surface area contributed by atoms with Crippen molar-refractivity contribution in [3.63, 3.8) is 0 Å². The Morgan fingerprint density at radius 3 is 2.75 bits per heavy atom. The number of aryl methyl sites for hydroxylation is 1. The van der Waals surface area contributed by atoms with E-state index < -0.39 is 18.0 Å². The maximum Gasteiger partial charge on any atom is 0.309 e. The Hall–Kier alpha value is -3.36. The first kappa shape index (κ1) is 19.4. The average Bonchev–Trinajstić information content (AvgIpc) is 3.09. The number of amides is 2. The van der Waals surface area contributed by atoms with Gasteiger partial charge in [-0.05, 0) is 19.1 Å². The number of nitrogens with zero attached hydrogens (tertiary/aromatic N) is 3. The van der Waals surface area contributed by atoms with E-state index in [1.807, 2.05) is 0 Å². The monoisotopic (exact) mass is 387 g/mol. The van der Waals surface area contributed by atoms with Gasteiger partial charge >= 0.3 is 5.97 Å². The van der Waals surface area contributed by atoms with Crippen LogP contribution in [0.1, 0.15) is 17.9 Å². The summed E-state index contributed by atoms with van der Waals surface area (Å²) in [7, 11) is 2.86. The minimum absolute atomic E-state index is 0.194. The van der Waals surface area contributed by atoms with Gasteiger partial charge in [0.05, 0.1) is 31.5 Å². The summed E-state index contributed by atoms with van der Waals surface area (Å²) < 4.78 is 15.4. The number of methoxy groups -OCH3 is 1. The minimum Gasteiger partial charge on any atom is -0.478 e. The highest BCUT2D eigenvalue weighted by atomic mass is 16.5. The van der Waals surface area contributed by atoms with Crippen molar-refractivity contribution in [1.29, 1.82) is 0 Å². The van der Waals surface area contributed by atoms with E-state index in [-0.39, 0.29) is 25.4 Å². The fourth-order valence-corrected chi connectivity index (χ4v) is 2.87. The van der Waals surface area contributed by atoms with Crippen molar-refractivity contribution in [3.8, 4) is 5.75 Å². The molecule has 0 fully saturated rings.